The molecule has 1 saturated heterocycles. The molecule has 0 unspecified atom stereocenters. The van der Waals surface area contributed by atoms with Gasteiger partial charge in [-0.1, -0.05) is 0 Å². The van der Waals surface area contributed by atoms with Gasteiger partial charge in [0.25, 0.3) is 5.91 Å². The number of carbonyl (C=O) groups excluding carboxylic acids is 1. The van der Waals surface area contributed by atoms with Crippen LogP contribution in [0.5, 0.6) is 0 Å². The number of benzene rings is 1. The van der Waals surface area contributed by atoms with Gasteiger partial charge in [0.15, 0.2) is 0 Å². The maximum Gasteiger partial charge on any atom is 0.254 e. The summed E-state index contributed by atoms with van der Waals surface area (Å²) in [5.74, 6) is 0.0377. The first-order chi connectivity index (χ1) is 7.66. The van der Waals surface area contributed by atoms with Gasteiger partial charge in [-0.05, 0) is 12.1 Å². The van der Waals surface area contributed by atoms with Gasteiger partial charge in [0.2, 0.25) is 0 Å². The number of nitrogens with zero attached hydrogens (tertiary/aromatic N) is 1. The van der Waals surface area contributed by atoms with Gasteiger partial charge >= 0.3 is 0 Å². The second kappa shape index (κ2) is 4.82. The van der Waals surface area contributed by atoms with Crippen LogP contribution in [-0.4, -0.2) is 35.4 Å². The second-order valence-corrected chi connectivity index (χ2v) is 4.79. The number of thioether (sulfide) groups is 1. The summed E-state index contributed by atoms with van der Waals surface area (Å²) >= 11 is 1.78. The van der Waals surface area contributed by atoms with Crippen molar-refractivity contribution in [2.75, 3.05) is 24.6 Å². The summed E-state index contributed by atoms with van der Waals surface area (Å²) in [6, 6.07) is 2.92. The van der Waals surface area contributed by atoms with Crippen molar-refractivity contribution in [3.05, 3.63) is 35.4 Å². The Morgan fingerprint density at radius 2 is 1.69 bits per heavy atom. The third kappa shape index (κ3) is 2.52. The van der Waals surface area contributed by atoms with Crippen LogP contribution in [0.1, 0.15) is 10.4 Å². The quantitative estimate of drug-likeness (QED) is 0.753. The summed E-state index contributed by atoms with van der Waals surface area (Å²) in [6.07, 6.45) is 0. The Kier molecular flexibility index (Phi) is 3.43. The SMILES string of the molecule is O=C(c1cc(F)cc(F)c1)N1CCSCC1. The standard InChI is InChI=1S/C11H11F2NOS/c12-9-5-8(6-10(13)7-9)11(15)14-1-3-16-4-2-14/h5-7H,1-4H2. The molecule has 0 atom stereocenters. The van der Waals surface area contributed by atoms with E-state index in [9.17, 15) is 13.6 Å². The van der Waals surface area contributed by atoms with E-state index >= 15 is 0 Å². The van der Waals surface area contributed by atoms with Gasteiger partial charge in [-0.2, -0.15) is 11.8 Å². The van der Waals surface area contributed by atoms with E-state index in [2.05, 4.69) is 0 Å². The summed E-state index contributed by atoms with van der Waals surface area (Å²) < 4.78 is 25.9. The molecule has 1 fully saturated rings. The smallest absolute Gasteiger partial charge is 0.254 e. The largest absolute Gasteiger partial charge is 0.337 e. The lowest BCUT2D eigenvalue weighted by Gasteiger charge is -2.26. The molecule has 1 aromatic rings. The highest BCUT2D eigenvalue weighted by atomic mass is 32.2. The fourth-order valence-electron chi connectivity index (χ4n) is 1.63. The average Bonchev–Trinajstić information content (AvgIpc) is 2.28. The minimum Gasteiger partial charge on any atom is -0.337 e. The molecule has 0 spiro atoms. The van der Waals surface area contributed by atoms with E-state index in [0.717, 1.165) is 29.7 Å². The lowest BCUT2D eigenvalue weighted by Crippen LogP contribution is -2.37. The molecule has 1 aromatic carbocycles. The summed E-state index contributed by atoms with van der Waals surface area (Å²) in [5.41, 5.74) is 0.0874. The van der Waals surface area contributed by atoms with Crippen LogP contribution in [-0.2, 0) is 0 Å². The van der Waals surface area contributed by atoms with E-state index in [1.165, 1.54) is 0 Å². The van der Waals surface area contributed by atoms with E-state index < -0.39 is 11.6 Å². The van der Waals surface area contributed by atoms with Crippen molar-refractivity contribution in [3.63, 3.8) is 0 Å². The molecule has 0 radical (unpaired) electrons. The van der Waals surface area contributed by atoms with Crippen molar-refractivity contribution in [1.82, 2.24) is 4.90 Å². The molecule has 86 valence electrons. The molecule has 5 heteroatoms. The lowest BCUT2D eigenvalue weighted by atomic mass is 10.2. The van der Waals surface area contributed by atoms with Crippen LogP contribution in [0, 0.1) is 11.6 Å². The first-order valence-corrected chi connectivity index (χ1v) is 6.15. The molecule has 0 N–H and O–H groups in total. The highest BCUT2D eigenvalue weighted by Gasteiger charge is 2.19. The predicted molar refractivity (Wildman–Crippen MR) is 59.6 cm³/mol. The summed E-state index contributed by atoms with van der Waals surface area (Å²) in [5, 5.41) is 0. The number of rotatable bonds is 1. The Balaban J connectivity index is 2.19. The summed E-state index contributed by atoms with van der Waals surface area (Å²) in [7, 11) is 0. The maximum atomic E-state index is 12.9. The predicted octanol–water partition coefficient (Wildman–Crippen LogP) is 2.15. The van der Waals surface area contributed by atoms with Crippen LogP contribution >= 0.6 is 11.8 Å². The molecule has 16 heavy (non-hydrogen) atoms. The zero-order valence-electron chi connectivity index (χ0n) is 8.58. The van der Waals surface area contributed by atoms with Crippen LogP contribution in [0.2, 0.25) is 0 Å². The van der Waals surface area contributed by atoms with Crippen LogP contribution < -0.4 is 0 Å². The van der Waals surface area contributed by atoms with Crippen LogP contribution in [0.3, 0.4) is 0 Å². The van der Waals surface area contributed by atoms with Crippen molar-refractivity contribution < 1.29 is 13.6 Å². The number of hydrogen-bond acceptors (Lipinski definition) is 2. The number of carbonyl (C=O) groups is 1. The van der Waals surface area contributed by atoms with E-state index in [1.54, 1.807) is 16.7 Å². The monoisotopic (exact) mass is 243 g/mol. The fourth-order valence-corrected chi connectivity index (χ4v) is 2.53. The van der Waals surface area contributed by atoms with Crippen molar-refractivity contribution in [2.24, 2.45) is 0 Å². The number of halogens is 2. The molecular formula is C11H11F2NOS. The van der Waals surface area contributed by atoms with Gasteiger partial charge in [-0.25, -0.2) is 8.78 Å². The molecule has 2 nitrogen and oxygen atoms in total. The van der Waals surface area contributed by atoms with Gasteiger partial charge in [-0.3, -0.25) is 4.79 Å². The normalized spacial score (nSPS) is 16.2. The summed E-state index contributed by atoms with van der Waals surface area (Å²) in [6.45, 7) is 1.28. The van der Waals surface area contributed by atoms with Crippen molar-refractivity contribution in [2.45, 2.75) is 0 Å². The van der Waals surface area contributed by atoms with E-state index in [0.29, 0.717) is 13.1 Å². The number of hydrogen-bond donors (Lipinski definition) is 0. The second-order valence-electron chi connectivity index (χ2n) is 3.56. The van der Waals surface area contributed by atoms with Gasteiger partial charge < -0.3 is 4.90 Å². The molecule has 2 rings (SSSR count). The molecule has 0 aliphatic carbocycles. The molecule has 0 saturated carbocycles. The molecule has 1 heterocycles. The Morgan fingerprint density at radius 3 is 2.25 bits per heavy atom. The third-order valence-corrected chi connectivity index (χ3v) is 3.35. The highest BCUT2D eigenvalue weighted by Crippen LogP contribution is 2.15. The molecule has 1 aliphatic heterocycles. The first-order valence-electron chi connectivity index (χ1n) is 5.00. The molecule has 0 aromatic heterocycles. The van der Waals surface area contributed by atoms with Gasteiger partial charge in [0.1, 0.15) is 11.6 Å². The van der Waals surface area contributed by atoms with Crippen LogP contribution in [0.4, 0.5) is 8.78 Å². The summed E-state index contributed by atoms with van der Waals surface area (Å²) in [4.78, 5) is 13.5. The Bertz CT molecular complexity index is 385. The molecule has 1 aliphatic rings. The Labute approximate surface area is 96.6 Å². The zero-order chi connectivity index (χ0) is 11.5. The Morgan fingerprint density at radius 1 is 1.12 bits per heavy atom. The molecule has 0 bridgehead atoms. The van der Waals surface area contributed by atoms with Gasteiger partial charge in [0.05, 0.1) is 0 Å². The number of amides is 1. The van der Waals surface area contributed by atoms with Gasteiger partial charge in [0, 0.05) is 36.2 Å². The van der Waals surface area contributed by atoms with Crippen LogP contribution in [0.15, 0.2) is 18.2 Å². The Hall–Kier alpha value is -1.10. The van der Waals surface area contributed by atoms with Crippen molar-refractivity contribution >= 4 is 17.7 Å². The van der Waals surface area contributed by atoms with Gasteiger partial charge in [-0.15, -0.1) is 0 Å². The van der Waals surface area contributed by atoms with Crippen LogP contribution in [0.25, 0.3) is 0 Å². The average molecular weight is 243 g/mol. The first kappa shape index (κ1) is 11.4. The topological polar surface area (TPSA) is 20.3 Å². The van der Waals surface area contributed by atoms with Crippen molar-refractivity contribution in [3.8, 4) is 0 Å². The fraction of sp³-hybridized carbons (Fsp3) is 0.364. The van der Waals surface area contributed by atoms with E-state index in [-0.39, 0.29) is 11.5 Å². The zero-order valence-corrected chi connectivity index (χ0v) is 9.40. The molecule has 1 amide bonds. The third-order valence-electron chi connectivity index (χ3n) is 2.41. The highest BCUT2D eigenvalue weighted by molar-refractivity contribution is 7.99. The maximum absolute atomic E-state index is 12.9. The minimum atomic E-state index is -0.713. The minimum absolute atomic E-state index is 0.0874. The van der Waals surface area contributed by atoms with E-state index in [1.807, 2.05) is 0 Å². The lowest BCUT2D eigenvalue weighted by molar-refractivity contribution is 0.0771. The molecular weight excluding hydrogens is 232 g/mol. The van der Waals surface area contributed by atoms with E-state index in [4.69, 9.17) is 0 Å². The van der Waals surface area contributed by atoms with Crippen molar-refractivity contribution in [1.29, 1.82) is 0 Å².